The normalized spacial score (nSPS) is 18.8. The fourth-order valence-corrected chi connectivity index (χ4v) is 5.03. The molecule has 1 atom stereocenters. The maximum atomic E-state index is 12.1. The molecule has 2 heterocycles. The van der Waals surface area contributed by atoms with Gasteiger partial charge in [0.1, 0.15) is 12.1 Å². The van der Waals surface area contributed by atoms with Crippen LogP contribution in [-0.4, -0.2) is 59.5 Å². The number of ether oxygens (including phenoxy) is 1. The van der Waals surface area contributed by atoms with Crippen molar-refractivity contribution in [3.63, 3.8) is 0 Å². The zero-order valence-electron chi connectivity index (χ0n) is 13.6. The van der Waals surface area contributed by atoms with Gasteiger partial charge in [-0.3, -0.25) is 9.36 Å². The van der Waals surface area contributed by atoms with Crippen molar-refractivity contribution < 1.29 is 17.9 Å². The topological polar surface area (TPSA) is 103 Å². The zero-order chi connectivity index (χ0) is 17.9. The number of thioether (sulfide) groups is 1. The van der Waals surface area contributed by atoms with E-state index in [2.05, 4.69) is 15.5 Å². The van der Waals surface area contributed by atoms with Crippen LogP contribution in [-0.2, 0) is 14.6 Å². The van der Waals surface area contributed by atoms with E-state index in [9.17, 15) is 13.2 Å². The molecule has 1 amide bonds. The molecule has 0 saturated carbocycles. The molecule has 1 aromatic heterocycles. The number of hydrogen-bond acceptors (Lipinski definition) is 7. The molecule has 134 valence electrons. The van der Waals surface area contributed by atoms with Gasteiger partial charge in [0.15, 0.2) is 15.0 Å². The Bertz CT molecular complexity index is 866. The summed E-state index contributed by atoms with van der Waals surface area (Å²) in [5.41, 5.74) is 0.778. The molecule has 0 radical (unpaired) electrons. The summed E-state index contributed by atoms with van der Waals surface area (Å²) in [7, 11) is -1.43. The monoisotopic (exact) mass is 382 g/mol. The number of carbonyl (C=O) groups excluding carboxylic acids is 1. The predicted molar refractivity (Wildman–Crippen MR) is 93.8 cm³/mol. The second-order valence-electron chi connectivity index (χ2n) is 5.61. The third kappa shape index (κ3) is 4.31. The summed E-state index contributed by atoms with van der Waals surface area (Å²) < 4.78 is 30.0. The maximum absolute atomic E-state index is 12.1. The van der Waals surface area contributed by atoms with Crippen LogP contribution in [0.3, 0.4) is 0 Å². The van der Waals surface area contributed by atoms with Crippen molar-refractivity contribution in [2.75, 3.05) is 24.4 Å². The van der Waals surface area contributed by atoms with Crippen LogP contribution in [0.2, 0.25) is 0 Å². The van der Waals surface area contributed by atoms with Crippen LogP contribution in [0.4, 0.5) is 0 Å². The first-order valence-electron chi connectivity index (χ1n) is 7.64. The second-order valence-corrected chi connectivity index (χ2v) is 8.78. The maximum Gasteiger partial charge on any atom is 0.230 e. The quantitative estimate of drug-likeness (QED) is 0.733. The lowest BCUT2D eigenvalue weighted by molar-refractivity contribution is -0.119. The highest BCUT2D eigenvalue weighted by molar-refractivity contribution is 7.99. The Kier molecular flexibility index (Phi) is 5.28. The number of rotatable bonds is 6. The van der Waals surface area contributed by atoms with Gasteiger partial charge < -0.3 is 10.1 Å². The third-order valence-electron chi connectivity index (χ3n) is 3.79. The number of aromatic nitrogens is 3. The molecule has 0 aliphatic carbocycles. The highest BCUT2D eigenvalue weighted by Crippen LogP contribution is 2.26. The average Bonchev–Trinajstić information content (AvgIpc) is 3.19. The Balaban J connectivity index is 1.63. The largest absolute Gasteiger partial charge is 0.495 e. The van der Waals surface area contributed by atoms with Crippen LogP contribution in [0.15, 0.2) is 35.7 Å². The highest BCUT2D eigenvalue weighted by atomic mass is 32.2. The third-order valence-corrected chi connectivity index (χ3v) is 6.50. The molecule has 0 spiro atoms. The van der Waals surface area contributed by atoms with Crippen LogP contribution in [0, 0.1) is 0 Å². The highest BCUT2D eigenvalue weighted by Gasteiger charge is 2.28. The van der Waals surface area contributed by atoms with E-state index in [4.69, 9.17) is 4.74 Å². The van der Waals surface area contributed by atoms with Crippen molar-refractivity contribution in [2.24, 2.45) is 0 Å². The summed E-state index contributed by atoms with van der Waals surface area (Å²) >= 11 is 1.23. The van der Waals surface area contributed by atoms with Gasteiger partial charge >= 0.3 is 0 Å². The van der Waals surface area contributed by atoms with E-state index in [0.717, 1.165) is 5.69 Å². The number of amides is 1. The lowest BCUT2D eigenvalue weighted by atomic mass is 10.3. The van der Waals surface area contributed by atoms with Gasteiger partial charge in [0.2, 0.25) is 5.91 Å². The van der Waals surface area contributed by atoms with Crippen molar-refractivity contribution in [3.05, 3.63) is 30.6 Å². The van der Waals surface area contributed by atoms with E-state index in [1.165, 1.54) is 11.8 Å². The SMILES string of the molecule is COc1ccccc1-n1cnnc1SCC(=O)N[C@H]1CCS(=O)(=O)C1. The number of methoxy groups -OCH3 is 1. The van der Waals surface area contributed by atoms with E-state index >= 15 is 0 Å². The van der Waals surface area contributed by atoms with Gasteiger partial charge in [0.25, 0.3) is 0 Å². The minimum Gasteiger partial charge on any atom is -0.495 e. The molecule has 1 fully saturated rings. The second kappa shape index (κ2) is 7.44. The van der Waals surface area contributed by atoms with Crippen LogP contribution in [0.25, 0.3) is 5.69 Å². The number of carbonyl (C=O) groups is 1. The fourth-order valence-electron chi connectivity index (χ4n) is 2.63. The van der Waals surface area contributed by atoms with Crippen LogP contribution in [0.1, 0.15) is 6.42 Å². The number of nitrogens with zero attached hydrogens (tertiary/aromatic N) is 3. The number of para-hydroxylation sites is 2. The van der Waals surface area contributed by atoms with Crippen molar-refractivity contribution >= 4 is 27.5 Å². The Morgan fingerprint density at radius 1 is 1.44 bits per heavy atom. The van der Waals surface area contributed by atoms with Crippen LogP contribution >= 0.6 is 11.8 Å². The molecular weight excluding hydrogens is 364 g/mol. The molecule has 0 bridgehead atoms. The van der Waals surface area contributed by atoms with E-state index in [0.29, 0.717) is 17.3 Å². The molecule has 25 heavy (non-hydrogen) atoms. The first-order valence-corrected chi connectivity index (χ1v) is 10.5. The Morgan fingerprint density at radius 3 is 2.96 bits per heavy atom. The molecule has 10 heteroatoms. The first kappa shape index (κ1) is 17.7. The van der Waals surface area contributed by atoms with Gasteiger partial charge in [0, 0.05) is 6.04 Å². The van der Waals surface area contributed by atoms with Crippen molar-refractivity contribution in [1.82, 2.24) is 20.1 Å². The van der Waals surface area contributed by atoms with Crippen LogP contribution < -0.4 is 10.1 Å². The molecule has 0 unspecified atom stereocenters. The Labute approximate surface area is 149 Å². The number of hydrogen-bond donors (Lipinski definition) is 1. The molecule has 1 aliphatic rings. The molecule has 8 nitrogen and oxygen atoms in total. The molecule has 1 saturated heterocycles. The summed E-state index contributed by atoms with van der Waals surface area (Å²) in [4.78, 5) is 12.1. The number of nitrogens with one attached hydrogen (secondary N) is 1. The van der Waals surface area contributed by atoms with Gasteiger partial charge in [-0.15, -0.1) is 10.2 Å². The molecule has 1 N–H and O–H groups in total. The van der Waals surface area contributed by atoms with Crippen LogP contribution in [0.5, 0.6) is 5.75 Å². The van der Waals surface area contributed by atoms with E-state index in [1.54, 1.807) is 18.0 Å². The summed E-state index contributed by atoms with van der Waals surface area (Å²) in [5.74, 6) is 0.727. The van der Waals surface area contributed by atoms with Gasteiger partial charge in [-0.25, -0.2) is 8.42 Å². The molecular formula is C15H18N4O4S2. The van der Waals surface area contributed by atoms with Gasteiger partial charge in [-0.2, -0.15) is 0 Å². The molecule has 3 rings (SSSR count). The average molecular weight is 382 g/mol. The smallest absolute Gasteiger partial charge is 0.230 e. The summed E-state index contributed by atoms with van der Waals surface area (Å²) in [6.07, 6.45) is 2.03. The first-order chi connectivity index (χ1) is 12.0. The Morgan fingerprint density at radius 2 is 2.24 bits per heavy atom. The van der Waals surface area contributed by atoms with Gasteiger partial charge in [-0.05, 0) is 18.6 Å². The number of benzene rings is 1. The van der Waals surface area contributed by atoms with Gasteiger partial charge in [-0.1, -0.05) is 23.9 Å². The summed E-state index contributed by atoms with van der Waals surface area (Å²) in [5, 5.41) is 11.3. The summed E-state index contributed by atoms with van der Waals surface area (Å²) in [6.45, 7) is 0. The fraction of sp³-hybridized carbons (Fsp3) is 0.400. The molecule has 1 aromatic carbocycles. The minimum absolute atomic E-state index is 0.0147. The standard InChI is InChI=1S/C15H18N4O4S2/c1-23-13-5-3-2-4-12(13)19-10-16-18-15(19)24-8-14(20)17-11-6-7-25(21,22)9-11/h2-5,10-11H,6-9H2,1H3,(H,17,20)/t11-/m0/s1. The minimum atomic E-state index is -3.01. The number of sulfone groups is 1. The molecule has 1 aliphatic heterocycles. The van der Waals surface area contributed by atoms with Gasteiger partial charge in [0.05, 0.1) is 30.1 Å². The lowest BCUT2D eigenvalue weighted by Gasteiger charge is -2.12. The van der Waals surface area contributed by atoms with Crippen molar-refractivity contribution in [1.29, 1.82) is 0 Å². The molecule has 2 aromatic rings. The predicted octanol–water partition coefficient (Wildman–Crippen LogP) is 0.671. The van der Waals surface area contributed by atoms with E-state index in [-0.39, 0.29) is 29.2 Å². The van der Waals surface area contributed by atoms with E-state index in [1.807, 2.05) is 24.3 Å². The summed E-state index contributed by atoms with van der Waals surface area (Å²) in [6, 6.07) is 7.14. The zero-order valence-corrected chi connectivity index (χ0v) is 15.2. The van der Waals surface area contributed by atoms with Crippen molar-refractivity contribution in [3.8, 4) is 11.4 Å². The lowest BCUT2D eigenvalue weighted by Crippen LogP contribution is -2.36. The van der Waals surface area contributed by atoms with E-state index < -0.39 is 9.84 Å². The Hall–Kier alpha value is -2.07. The van der Waals surface area contributed by atoms with Crippen molar-refractivity contribution in [2.45, 2.75) is 17.6 Å².